The summed E-state index contributed by atoms with van der Waals surface area (Å²) in [6.07, 6.45) is 7.28. The first-order valence-corrected chi connectivity index (χ1v) is 12.4. The van der Waals surface area contributed by atoms with Gasteiger partial charge < -0.3 is 0 Å². The van der Waals surface area contributed by atoms with E-state index in [9.17, 15) is 25.9 Å². The Hall–Kier alpha value is -4.18. The van der Waals surface area contributed by atoms with Crippen molar-refractivity contribution < 1.29 is 25.9 Å². The number of hydrogen-bond acceptors (Lipinski definition) is 11. The lowest BCUT2D eigenvalue weighted by atomic mass is 10.1. The second-order valence-electron chi connectivity index (χ2n) is 6.73. The molecule has 0 saturated carbocycles. The third-order valence-electron chi connectivity index (χ3n) is 4.52. The van der Waals surface area contributed by atoms with Crippen molar-refractivity contribution in [3.8, 4) is 0 Å². The van der Waals surface area contributed by atoms with Gasteiger partial charge in [-0.25, -0.2) is 34.8 Å². The summed E-state index contributed by atoms with van der Waals surface area (Å²) in [5.41, 5.74) is -0.0214. The van der Waals surface area contributed by atoms with Crippen LogP contribution >= 0.6 is 0 Å². The Kier molecular flexibility index (Phi) is 6.57. The lowest BCUT2D eigenvalue weighted by molar-refractivity contribution is 0.480. The molecule has 4 rings (SSSR count). The number of rotatable bonds is 7. The van der Waals surface area contributed by atoms with Gasteiger partial charge in [0.2, 0.25) is 11.9 Å². The predicted molar refractivity (Wildman–Crippen MR) is 123 cm³/mol. The van der Waals surface area contributed by atoms with Gasteiger partial charge in [-0.05, 0) is 23.3 Å². The Morgan fingerprint density at radius 1 is 0.657 bits per heavy atom. The average Bonchev–Trinajstić information content (AvgIpc) is 2.83. The highest BCUT2D eigenvalue weighted by atomic mass is 32.2. The van der Waals surface area contributed by atoms with Gasteiger partial charge in [-0.1, -0.05) is 42.5 Å². The molecule has 15 heteroatoms. The molecular weight excluding hydrogens is 498 g/mol. The molecule has 2 heterocycles. The molecule has 0 unspecified atom stereocenters. The molecule has 0 atom stereocenters. The summed E-state index contributed by atoms with van der Waals surface area (Å²) < 4.78 is 68.1. The number of benzene rings is 2. The Morgan fingerprint density at radius 2 is 1.17 bits per heavy atom. The van der Waals surface area contributed by atoms with Gasteiger partial charge in [-0.2, -0.15) is 16.8 Å². The fraction of sp³-hybridized carbons (Fsp3) is 0. The minimum Gasteiger partial charge on any atom is -0.282 e. The molecular formula is C20H15N7O6S2. The molecule has 2 aromatic heterocycles. The van der Waals surface area contributed by atoms with Crippen LogP contribution in [0.2, 0.25) is 0 Å². The largest absolute Gasteiger partial charge is 0.297 e. The number of aromatic nitrogens is 6. The molecule has 13 nitrogen and oxygen atoms in total. The maximum Gasteiger partial charge on any atom is 0.297 e. The topological polar surface area (TPSA) is 189 Å². The average molecular weight is 514 g/mol. The van der Waals surface area contributed by atoms with Crippen molar-refractivity contribution in [1.82, 2.24) is 29.9 Å². The van der Waals surface area contributed by atoms with E-state index in [4.69, 9.17) is 0 Å². The summed E-state index contributed by atoms with van der Waals surface area (Å²) in [6.45, 7) is 0. The van der Waals surface area contributed by atoms with Crippen molar-refractivity contribution in [2.45, 2.75) is 9.79 Å². The van der Waals surface area contributed by atoms with Gasteiger partial charge >= 0.3 is 0 Å². The maximum atomic E-state index is 12.5. The van der Waals surface area contributed by atoms with Crippen LogP contribution in [0.1, 0.15) is 11.1 Å². The van der Waals surface area contributed by atoms with Crippen LogP contribution in [-0.2, 0) is 20.2 Å². The fourth-order valence-corrected chi connectivity index (χ4v) is 4.71. The molecule has 178 valence electrons. The van der Waals surface area contributed by atoms with E-state index in [1.54, 1.807) is 0 Å². The molecule has 0 aliphatic heterocycles. The quantitative estimate of drug-likeness (QED) is 0.270. The highest BCUT2D eigenvalue weighted by molar-refractivity contribution is 7.86. The van der Waals surface area contributed by atoms with Crippen molar-refractivity contribution in [2.24, 2.45) is 0 Å². The molecule has 0 saturated heterocycles. The highest BCUT2D eigenvalue weighted by Gasteiger charge is 2.28. The monoisotopic (exact) mass is 513 g/mol. The van der Waals surface area contributed by atoms with Crippen molar-refractivity contribution in [3.63, 3.8) is 0 Å². The van der Waals surface area contributed by atoms with E-state index in [0.717, 1.165) is 0 Å². The standard InChI is InChI=1S/C20H15N7O6S2/c28-34(29,30)17-7-2-1-4-14(17)8-9-15-5-3-6-16(18(15)35(31,32)33)27(19-23-10-21-11-24-19)20-25-12-22-13-26-20/h1-13H,(H,28,29,30)(H,31,32,33). The van der Waals surface area contributed by atoms with Crippen LogP contribution in [-0.4, -0.2) is 55.8 Å². The third-order valence-corrected chi connectivity index (χ3v) is 6.41. The summed E-state index contributed by atoms with van der Waals surface area (Å²) in [5.74, 6) is -0.0945. The molecule has 0 bridgehead atoms. The van der Waals surface area contributed by atoms with Crippen LogP contribution in [0, 0.1) is 0 Å². The first-order valence-electron chi connectivity index (χ1n) is 9.55. The minimum atomic E-state index is -4.87. The Balaban J connectivity index is 1.94. The SMILES string of the molecule is O=S(=O)(O)c1ccccc1C=Cc1cccc(N(c2ncncn2)c2ncncn2)c1S(=O)(=O)O. The van der Waals surface area contributed by atoms with Gasteiger partial charge in [-0.3, -0.25) is 9.11 Å². The first-order chi connectivity index (χ1) is 16.7. The van der Waals surface area contributed by atoms with Gasteiger partial charge in [0.15, 0.2) is 0 Å². The number of nitrogens with zero attached hydrogens (tertiary/aromatic N) is 7. The fourth-order valence-electron chi connectivity index (χ4n) is 3.17. The second kappa shape index (κ2) is 9.59. The minimum absolute atomic E-state index is 0.0109. The lowest BCUT2D eigenvalue weighted by Gasteiger charge is -2.22. The van der Waals surface area contributed by atoms with E-state index in [0.29, 0.717) is 0 Å². The van der Waals surface area contributed by atoms with E-state index < -0.39 is 25.1 Å². The zero-order chi connectivity index (χ0) is 25.1. The molecule has 2 aromatic carbocycles. The Labute approximate surface area is 199 Å². The van der Waals surface area contributed by atoms with Crippen LogP contribution < -0.4 is 4.90 Å². The molecule has 0 spiro atoms. The molecule has 2 N–H and O–H groups in total. The van der Waals surface area contributed by atoms with Crippen molar-refractivity contribution in [2.75, 3.05) is 4.90 Å². The molecule has 0 radical (unpaired) electrons. The van der Waals surface area contributed by atoms with Crippen LogP contribution in [0.5, 0.6) is 0 Å². The maximum absolute atomic E-state index is 12.5. The van der Waals surface area contributed by atoms with Crippen LogP contribution in [0.15, 0.2) is 77.6 Å². The Morgan fingerprint density at radius 3 is 1.71 bits per heavy atom. The van der Waals surface area contributed by atoms with Crippen molar-refractivity contribution in [3.05, 3.63) is 78.9 Å². The van der Waals surface area contributed by atoms with Crippen molar-refractivity contribution in [1.29, 1.82) is 0 Å². The number of anilines is 3. The summed E-state index contributed by atoms with van der Waals surface area (Å²) in [6, 6.07) is 9.83. The van der Waals surface area contributed by atoms with Crippen LogP contribution in [0.3, 0.4) is 0 Å². The third kappa shape index (κ3) is 5.33. The van der Waals surface area contributed by atoms with Gasteiger partial charge in [-0.15, -0.1) is 0 Å². The summed E-state index contributed by atoms with van der Waals surface area (Å²) in [4.78, 5) is 23.9. The Bertz CT molecular complexity index is 1560. The summed E-state index contributed by atoms with van der Waals surface area (Å²) in [7, 11) is -9.41. The van der Waals surface area contributed by atoms with Gasteiger partial charge in [0, 0.05) is 0 Å². The van der Waals surface area contributed by atoms with Crippen LogP contribution in [0.25, 0.3) is 12.2 Å². The van der Waals surface area contributed by atoms with Gasteiger partial charge in [0.25, 0.3) is 20.2 Å². The number of hydrogen-bond donors (Lipinski definition) is 2. The molecule has 0 amide bonds. The first kappa shape index (κ1) is 24.0. The normalized spacial score (nSPS) is 12.1. The van der Waals surface area contributed by atoms with E-state index in [1.807, 2.05) is 0 Å². The lowest BCUT2D eigenvalue weighted by Crippen LogP contribution is -2.19. The van der Waals surface area contributed by atoms with Crippen molar-refractivity contribution >= 4 is 50.0 Å². The molecule has 0 fully saturated rings. The molecule has 4 aromatic rings. The van der Waals surface area contributed by atoms with E-state index in [2.05, 4.69) is 29.9 Å². The molecule has 0 aliphatic rings. The highest BCUT2D eigenvalue weighted by Crippen LogP contribution is 2.36. The van der Waals surface area contributed by atoms with E-state index >= 15 is 0 Å². The van der Waals surface area contributed by atoms with Gasteiger partial charge in [0.05, 0.1) is 5.69 Å². The van der Waals surface area contributed by atoms with E-state index in [-0.39, 0.29) is 33.6 Å². The molecule has 35 heavy (non-hydrogen) atoms. The predicted octanol–water partition coefficient (Wildman–Crippen LogP) is 2.19. The smallest absolute Gasteiger partial charge is 0.282 e. The van der Waals surface area contributed by atoms with Gasteiger partial charge in [0.1, 0.15) is 35.1 Å². The zero-order valence-electron chi connectivity index (χ0n) is 17.5. The van der Waals surface area contributed by atoms with Crippen LogP contribution in [0.4, 0.5) is 17.6 Å². The molecule has 0 aliphatic carbocycles. The summed E-state index contributed by atoms with van der Waals surface area (Å²) >= 11 is 0. The van der Waals surface area contributed by atoms with E-state index in [1.165, 1.54) is 84.8 Å². The summed E-state index contributed by atoms with van der Waals surface area (Å²) in [5, 5.41) is 0. The zero-order valence-corrected chi connectivity index (χ0v) is 19.1. The second-order valence-corrected chi connectivity index (χ2v) is 9.48.